The number of carbonyl (C=O) groups excluding carboxylic acids is 1. The quantitative estimate of drug-likeness (QED) is 0.624. The van der Waals surface area contributed by atoms with Crippen molar-refractivity contribution in [3.8, 4) is 0 Å². The van der Waals surface area contributed by atoms with Crippen LogP contribution < -0.4 is 16.8 Å². The van der Waals surface area contributed by atoms with E-state index in [0.29, 0.717) is 12.5 Å². The van der Waals surface area contributed by atoms with Crippen LogP contribution in [0.2, 0.25) is 0 Å². The lowest BCUT2D eigenvalue weighted by atomic mass is 10.0. The molecule has 1 rings (SSSR count). The molecule has 1 saturated carbocycles. The first kappa shape index (κ1) is 12.5. The molecule has 3 atom stereocenters. The van der Waals surface area contributed by atoms with E-state index >= 15 is 0 Å². The minimum absolute atomic E-state index is 0.0321. The van der Waals surface area contributed by atoms with Crippen LogP contribution >= 0.6 is 0 Å². The van der Waals surface area contributed by atoms with Gasteiger partial charge < -0.3 is 16.8 Å². The van der Waals surface area contributed by atoms with Gasteiger partial charge in [-0.2, -0.15) is 0 Å². The van der Waals surface area contributed by atoms with Crippen LogP contribution in [-0.4, -0.2) is 24.5 Å². The number of hydrogen-bond acceptors (Lipinski definition) is 3. The molecule has 0 aromatic rings. The summed E-state index contributed by atoms with van der Waals surface area (Å²) in [7, 11) is 0. The lowest BCUT2D eigenvalue weighted by molar-refractivity contribution is -0.124. The van der Waals surface area contributed by atoms with E-state index in [4.69, 9.17) is 11.5 Å². The zero-order chi connectivity index (χ0) is 11.4. The van der Waals surface area contributed by atoms with E-state index in [1.807, 2.05) is 13.8 Å². The molecule has 0 heterocycles. The topological polar surface area (TPSA) is 81.1 Å². The van der Waals surface area contributed by atoms with Crippen molar-refractivity contribution in [3.63, 3.8) is 0 Å². The number of amides is 1. The maximum absolute atomic E-state index is 11.7. The molecule has 1 aliphatic rings. The van der Waals surface area contributed by atoms with Crippen LogP contribution in [0.25, 0.3) is 0 Å². The van der Waals surface area contributed by atoms with E-state index in [2.05, 4.69) is 5.32 Å². The highest BCUT2D eigenvalue weighted by molar-refractivity contribution is 5.82. The van der Waals surface area contributed by atoms with Gasteiger partial charge in [-0.15, -0.1) is 0 Å². The fourth-order valence-corrected chi connectivity index (χ4v) is 2.09. The highest BCUT2D eigenvalue weighted by atomic mass is 16.2. The summed E-state index contributed by atoms with van der Waals surface area (Å²) in [6.07, 6.45) is 3.32. The van der Waals surface area contributed by atoms with Gasteiger partial charge in [0.15, 0.2) is 0 Å². The largest absolute Gasteiger partial charge is 0.352 e. The first-order valence-corrected chi connectivity index (χ1v) is 5.82. The molecule has 0 radical (unpaired) electrons. The van der Waals surface area contributed by atoms with Gasteiger partial charge in [0.25, 0.3) is 0 Å². The predicted molar refractivity (Wildman–Crippen MR) is 61.1 cm³/mol. The minimum Gasteiger partial charge on any atom is -0.352 e. The maximum Gasteiger partial charge on any atom is 0.237 e. The van der Waals surface area contributed by atoms with E-state index in [0.717, 1.165) is 19.3 Å². The number of hydrogen-bond donors (Lipinski definition) is 3. The summed E-state index contributed by atoms with van der Waals surface area (Å²) in [5.41, 5.74) is 11.4. The van der Waals surface area contributed by atoms with Gasteiger partial charge in [0.05, 0.1) is 6.04 Å². The predicted octanol–water partition coefficient (Wildman–Crippen LogP) is 0.213. The van der Waals surface area contributed by atoms with Crippen molar-refractivity contribution < 1.29 is 4.79 Å². The molecule has 3 unspecified atom stereocenters. The molecule has 4 heteroatoms. The Morgan fingerprint density at radius 1 is 1.47 bits per heavy atom. The van der Waals surface area contributed by atoms with Gasteiger partial charge in [0.2, 0.25) is 5.91 Å². The highest BCUT2D eigenvalue weighted by Gasteiger charge is 2.29. The second-order valence-corrected chi connectivity index (χ2v) is 4.81. The van der Waals surface area contributed by atoms with E-state index in [-0.39, 0.29) is 17.9 Å². The fraction of sp³-hybridized carbons (Fsp3) is 0.909. The summed E-state index contributed by atoms with van der Waals surface area (Å²) in [5, 5.41) is 3.02. The Morgan fingerprint density at radius 2 is 2.13 bits per heavy atom. The van der Waals surface area contributed by atoms with Gasteiger partial charge in [-0.25, -0.2) is 0 Å². The Kier molecular flexibility index (Phi) is 4.54. The fourth-order valence-electron chi connectivity index (χ4n) is 2.09. The first-order valence-electron chi connectivity index (χ1n) is 5.82. The van der Waals surface area contributed by atoms with Crippen LogP contribution in [0.1, 0.15) is 33.1 Å². The smallest absolute Gasteiger partial charge is 0.237 e. The molecule has 15 heavy (non-hydrogen) atoms. The number of carbonyl (C=O) groups is 1. The van der Waals surface area contributed by atoms with E-state index < -0.39 is 6.04 Å². The zero-order valence-corrected chi connectivity index (χ0v) is 9.70. The summed E-state index contributed by atoms with van der Waals surface area (Å²) in [6, 6.07) is -0.156. The summed E-state index contributed by atoms with van der Waals surface area (Å²) in [4.78, 5) is 11.7. The normalized spacial score (nSPS) is 28.1. The molecule has 0 bridgehead atoms. The Hall–Kier alpha value is -0.610. The van der Waals surface area contributed by atoms with Gasteiger partial charge in [-0.05, 0) is 31.2 Å². The summed E-state index contributed by atoms with van der Waals surface area (Å²) in [6.45, 7) is 4.57. The van der Waals surface area contributed by atoms with Gasteiger partial charge in [-0.3, -0.25) is 4.79 Å². The molecular weight excluding hydrogens is 190 g/mol. The van der Waals surface area contributed by atoms with Crippen molar-refractivity contribution in [1.82, 2.24) is 5.32 Å². The molecule has 0 spiro atoms. The Balaban J connectivity index is 2.43. The lowest BCUT2D eigenvalue weighted by Crippen LogP contribution is -2.49. The van der Waals surface area contributed by atoms with E-state index in [1.54, 1.807) is 0 Å². The molecule has 5 N–H and O–H groups in total. The first-order chi connectivity index (χ1) is 7.06. The zero-order valence-electron chi connectivity index (χ0n) is 9.70. The molecule has 0 aromatic heterocycles. The standard InChI is InChI=1S/C11H23N3O/c1-7(2)10(13)11(15)14-9-5-3-4-8(9)6-12/h7-10H,3-6,12-13H2,1-2H3,(H,14,15). The van der Waals surface area contributed by atoms with Gasteiger partial charge in [0.1, 0.15) is 0 Å². The Bertz CT molecular complexity index is 218. The Morgan fingerprint density at radius 3 is 2.67 bits per heavy atom. The van der Waals surface area contributed by atoms with Crippen molar-refractivity contribution in [2.45, 2.75) is 45.2 Å². The second-order valence-electron chi connectivity index (χ2n) is 4.81. The lowest BCUT2D eigenvalue weighted by Gasteiger charge is -2.23. The molecule has 1 aliphatic carbocycles. The summed E-state index contributed by atoms with van der Waals surface area (Å²) >= 11 is 0. The molecular formula is C11H23N3O. The van der Waals surface area contributed by atoms with Crippen molar-refractivity contribution in [3.05, 3.63) is 0 Å². The summed E-state index contributed by atoms with van der Waals surface area (Å²) in [5.74, 6) is 0.589. The molecule has 0 aliphatic heterocycles. The SMILES string of the molecule is CC(C)C(N)C(=O)NC1CCCC1CN. The second kappa shape index (κ2) is 5.47. The molecule has 0 aromatic carbocycles. The summed E-state index contributed by atoms with van der Waals surface area (Å²) < 4.78 is 0. The van der Waals surface area contributed by atoms with Crippen LogP contribution in [0, 0.1) is 11.8 Å². The van der Waals surface area contributed by atoms with Crippen molar-refractivity contribution in [2.75, 3.05) is 6.54 Å². The van der Waals surface area contributed by atoms with Crippen LogP contribution in [0.15, 0.2) is 0 Å². The van der Waals surface area contributed by atoms with Crippen LogP contribution in [0.4, 0.5) is 0 Å². The van der Waals surface area contributed by atoms with Gasteiger partial charge in [0, 0.05) is 6.04 Å². The highest BCUT2D eigenvalue weighted by Crippen LogP contribution is 2.24. The minimum atomic E-state index is -0.399. The Labute approximate surface area is 91.8 Å². The molecule has 4 nitrogen and oxygen atoms in total. The van der Waals surface area contributed by atoms with Gasteiger partial charge in [-0.1, -0.05) is 20.3 Å². The monoisotopic (exact) mass is 213 g/mol. The van der Waals surface area contributed by atoms with Crippen LogP contribution in [0.3, 0.4) is 0 Å². The average molecular weight is 213 g/mol. The molecule has 1 fully saturated rings. The van der Waals surface area contributed by atoms with Crippen LogP contribution in [0.5, 0.6) is 0 Å². The van der Waals surface area contributed by atoms with Crippen molar-refractivity contribution >= 4 is 5.91 Å². The van der Waals surface area contributed by atoms with E-state index in [1.165, 1.54) is 0 Å². The third kappa shape index (κ3) is 3.18. The third-order valence-electron chi connectivity index (χ3n) is 3.31. The average Bonchev–Trinajstić information content (AvgIpc) is 2.63. The molecule has 0 saturated heterocycles. The van der Waals surface area contributed by atoms with E-state index in [9.17, 15) is 4.79 Å². The molecule has 88 valence electrons. The van der Waals surface area contributed by atoms with Gasteiger partial charge >= 0.3 is 0 Å². The number of rotatable bonds is 4. The van der Waals surface area contributed by atoms with Crippen molar-refractivity contribution in [2.24, 2.45) is 23.3 Å². The van der Waals surface area contributed by atoms with Crippen LogP contribution in [-0.2, 0) is 4.79 Å². The maximum atomic E-state index is 11.7. The molecule has 1 amide bonds. The van der Waals surface area contributed by atoms with Crippen molar-refractivity contribution in [1.29, 1.82) is 0 Å². The number of nitrogens with one attached hydrogen (secondary N) is 1. The third-order valence-corrected chi connectivity index (χ3v) is 3.31. The number of nitrogens with two attached hydrogens (primary N) is 2.